The van der Waals surface area contributed by atoms with Gasteiger partial charge in [-0.05, 0) is 27.0 Å². The van der Waals surface area contributed by atoms with Crippen LogP contribution in [0.1, 0.15) is 29.1 Å². The summed E-state index contributed by atoms with van der Waals surface area (Å²) >= 11 is 1.62. The summed E-state index contributed by atoms with van der Waals surface area (Å²) in [5, 5.41) is 3.02. The summed E-state index contributed by atoms with van der Waals surface area (Å²) in [7, 11) is 1.81. The molecule has 0 saturated heterocycles. The van der Waals surface area contributed by atoms with Crippen LogP contribution in [0.5, 0.6) is 5.75 Å². The number of halogens is 1. The molecule has 0 amide bonds. The van der Waals surface area contributed by atoms with E-state index in [4.69, 9.17) is 4.74 Å². The van der Waals surface area contributed by atoms with Gasteiger partial charge in [-0.3, -0.25) is 0 Å². The molecule has 0 aliphatic rings. The Morgan fingerprint density at radius 3 is 2.85 bits per heavy atom. The van der Waals surface area contributed by atoms with E-state index < -0.39 is 0 Å². The Morgan fingerprint density at radius 1 is 1.45 bits per heavy atom. The molecule has 0 saturated carbocycles. The van der Waals surface area contributed by atoms with Crippen LogP contribution in [0.15, 0.2) is 23.7 Å². The second-order valence-corrected chi connectivity index (χ2v) is 5.59. The van der Waals surface area contributed by atoms with Crippen LogP contribution in [0.2, 0.25) is 0 Å². The third-order valence-corrected chi connectivity index (χ3v) is 4.31. The van der Waals surface area contributed by atoms with Crippen molar-refractivity contribution in [1.82, 2.24) is 10.3 Å². The molecule has 3 nitrogen and oxygen atoms in total. The van der Waals surface area contributed by atoms with Gasteiger partial charge in [0, 0.05) is 29.0 Å². The molecule has 1 heterocycles. The fourth-order valence-electron chi connectivity index (χ4n) is 1.93. The summed E-state index contributed by atoms with van der Waals surface area (Å²) in [6.07, 6.45) is 0.798. The van der Waals surface area contributed by atoms with E-state index in [2.05, 4.69) is 10.3 Å². The molecule has 0 aliphatic carbocycles. The third kappa shape index (κ3) is 3.55. The summed E-state index contributed by atoms with van der Waals surface area (Å²) in [6.45, 7) is 4.44. The predicted molar refractivity (Wildman–Crippen MR) is 79.9 cm³/mol. The highest BCUT2D eigenvalue weighted by atomic mass is 32.1. The Labute approximate surface area is 122 Å². The number of nitrogens with zero attached hydrogens (tertiary/aromatic N) is 1. The Balaban J connectivity index is 1.94. The first-order chi connectivity index (χ1) is 9.61. The zero-order valence-corrected chi connectivity index (χ0v) is 12.8. The number of hydrogen-bond donors (Lipinski definition) is 1. The molecule has 1 atom stereocenters. The molecule has 2 aromatic rings. The molecular weight excluding hydrogens is 275 g/mol. The number of rotatable bonds is 6. The van der Waals surface area contributed by atoms with Crippen molar-refractivity contribution in [1.29, 1.82) is 0 Å². The molecule has 0 fully saturated rings. The van der Waals surface area contributed by atoms with Crippen LogP contribution in [0.3, 0.4) is 0 Å². The fourth-order valence-corrected chi connectivity index (χ4v) is 2.69. The van der Waals surface area contributed by atoms with Crippen molar-refractivity contribution in [2.45, 2.75) is 26.3 Å². The first-order valence-corrected chi connectivity index (χ1v) is 7.48. The second-order valence-electron chi connectivity index (χ2n) is 4.65. The highest BCUT2D eigenvalue weighted by Crippen LogP contribution is 2.22. The maximum atomic E-state index is 13.9. The van der Waals surface area contributed by atoms with E-state index >= 15 is 0 Å². The first-order valence-electron chi connectivity index (χ1n) is 6.60. The molecule has 108 valence electrons. The number of aromatic nitrogens is 1. The van der Waals surface area contributed by atoms with E-state index in [1.54, 1.807) is 17.4 Å². The van der Waals surface area contributed by atoms with Crippen molar-refractivity contribution in [3.8, 4) is 5.75 Å². The maximum absolute atomic E-state index is 13.9. The van der Waals surface area contributed by atoms with Gasteiger partial charge in [0.2, 0.25) is 0 Å². The summed E-state index contributed by atoms with van der Waals surface area (Å²) in [6, 6.07) is 5.02. The van der Waals surface area contributed by atoms with Gasteiger partial charge in [0.1, 0.15) is 11.6 Å². The lowest BCUT2D eigenvalue weighted by Gasteiger charge is -2.13. The fraction of sp³-hybridized carbons (Fsp3) is 0.400. The summed E-state index contributed by atoms with van der Waals surface area (Å²) in [5.74, 6) is 0.329. The minimum Gasteiger partial charge on any atom is -0.493 e. The monoisotopic (exact) mass is 294 g/mol. The van der Waals surface area contributed by atoms with Crippen LogP contribution in [-0.2, 0) is 6.42 Å². The lowest BCUT2D eigenvalue weighted by Crippen LogP contribution is -2.14. The number of ether oxygens (including phenoxy) is 1. The average molecular weight is 294 g/mol. The standard InChI is InChI=1S/C15H19FN2OS/c1-10(17-3)13-5-4-12(8-14(13)16)19-7-6-15-11(2)18-9-20-15/h4-5,8-10,17H,6-7H2,1-3H3. The molecule has 0 aliphatic heterocycles. The summed E-state index contributed by atoms with van der Waals surface area (Å²) < 4.78 is 19.5. The van der Waals surface area contributed by atoms with Gasteiger partial charge in [-0.25, -0.2) is 9.37 Å². The van der Waals surface area contributed by atoms with Crippen molar-refractivity contribution in [3.05, 3.63) is 45.7 Å². The molecule has 1 aromatic carbocycles. The molecule has 0 bridgehead atoms. The molecule has 0 spiro atoms. The third-order valence-electron chi connectivity index (χ3n) is 3.31. The van der Waals surface area contributed by atoms with Gasteiger partial charge >= 0.3 is 0 Å². The van der Waals surface area contributed by atoms with Crippen LogP contribution in [0.25, 0.3) is 0 Å². The van der Waals surface area contributed by atoms with Crippen LogP contribution in [0, 0.1) is 12.7 Å². The van der Waals surface area contributed by atoms with Crippen molar-refractivity contribution in [2.24, 2.45) is 0 Å². The molecule has 2 rings (SSSR count). The van der Waals surface area contributed by atoms with E-state index in [9.17, 15) is 4.39 Å². The van der Waals surface area contributed by atoms with Crippen molar-refractivity contribution >= 4 is 11.3 Å². The Hall–Kier alpha value is -1.46. The number of nitrogens with one attached hydrogen (secondary N) is 1. The van der Waals surface area contributed by atoms with E-state index in [1.807, 2.05) is 32.5 Å². The zero-order valence-electron chi connectivity index (χ0n) is 11.9. The Kier molecular flexibility index (Phi) is 5.09. The summed E-state index contributed by atoms with van der Waals surface area (Å²) in [5.41, 5.74) is 3.53. The van der Waals surface area contributed by atoms with Crippen LogP contribution in [0.4, 0.5) is 4.39 Å². The normalized spacial score (nSPS) is 12.4. The minimum atomic E-state index is -0.238. The molecule has 1 unspecified atom stereocenters. The van der Waals surface area contributed by atoms with Gasteiger partial charge in [-0.15, -0.1) is 11.3 Å². The van der Waals surface area contributed by atoms with Crippen LogP contribution < -0.4 is 10.1 Å². The van der Waals surface area contributed by atoms with E-state index in [1.165, 1.54) is 10.9 Å². The van der Waals surface area contributed by atoms with Gasteiger partial charge in [0.15, 0.2) is 0 Å². The highest BCUT2D eigenvalue weighted by Gasteiger charge is 2.10. The van der Waals surface area contributed by atoms with Gasteiger partial charge in [-0.2, -0.15) is 0 Å². The van der Waals surface area contributed by atoms with Crippen LogP contribution >= 0.6 is 11.3 Å². The van der Waals surface area contributed by atoms with Gasteiger partial charge in [0.25, 0.3) is 0 Å². The van der Waals surface area contributed by atoms with Gasteiger partial charge < -0.3 is 10.1 Å². The number of aryl methyl sites for hydroxylation is 1. The van der Waals surface area contributed by atoms with E-state index in [-0.39, 0.29) is 11.9 Å². The second kappa shape index (κ2) is 6.81. The maximum Gasteiger partial charge on any atom is 0.131 e. The SMILES string of the molecule is CNC(C)c1ccc(OCCc2scnc2C)cc1F. The molecule has 0 radical (unpaired) electrons. The first kappa shape index (κ1) is 14.9. The van der Waals surface area contributed by atoms with E-state index in [0.717, 1.165) is 12.1 Å². The number of benzene rings is 1. The van der Waals surface area contributed by atoms with Gasteiger partial charge in [-0.1, -0.05) is 6.07 Å². The zero-order chi connectivity index (χ0) is 14.5. The molecule has 20 heavy (non-hydrogen) atoms. The highest BCUT2D eigenvalue weighted by molar-refractivity contribution is 7.09. The largest absolute Gasteiger partial charge is 0.493 e. The minimum absolute atomic E-state index is 0.0103. The molecule has 5 heteroatoms. The molecule has 1 aromatic heterocycles. The lowest BCUT2D eigenvalue weighted by atomic mass is 10.1. The topological polar surface area (TPSA) is 34.1 Å². The smallest absolute Gasteiger partial charge is 0.131 e. The van der Waals surface area contributed by atoms with Crippen molar-refractivity contribution < 1.29 is 9.13 Å². The van der Waals surface area contributed by atoms with Crippen molar-refractivity contribution in [2.75, 3.05) is 13.7 Å². The predicted octanol–water partition coefficient (Wildman–Crippen LogP) is 3.49. The molecular formula is C15H19FN2OS. The Morgan fingerprint density at radius 2 is 2.25 bits per heavy atom. The average Bonchev–Trinajstić information content (AvgIpc) is 2.84. The summed E-state index contributed by atoms with van der Waals surface area (Å²) in [4.78, 5) is 5.41. The number of hydrogen-bond acceptors (Lipinski definition) is 4. The van der Waals surface area contributed by atoms with E-state index in [0.29, 0.717) is 17.9 Å². The quantitative estimate of drug-likeness (QED) is 0.885. The lowest BCUT2D eigenvalue weighted by molar-refractivity contribution is 0.320. The molecule has 1 N–H and O–H groups in total. The Bertz CT molecular complexity index is 571. The number of thiazole rings is 1. The van der Waals surface area contributed by atoms with Crippen LogP contribution in [-0.4, -0.2) is 18.6 Å². The van der Waals surface area contributed by atoms with Crippen molar-refractivity contribution in [3.63, 3.8) is 0 Å². The van der Waals surface area contributed by atoms with Gasteiger partial charge in [0.05, 0.1) is 17.8 Å².